The van der Waals surface area contributed by atoms with Gasteiger partial charge in [-0.25, -0.2) is 0 Å². The summed E-state index contributed by atoms with van der Waals surface area (Å²) in [5.41, 5.74) is 0.602. The molecule has 2 saturated heterocycles. The fourth-order valence-electron chi connectivity index (χ4n) is 3.25. The Balaban J connectivity index is 1.67. The monoisotopic (exact) mass is 276 g/mol. The zero-order chi connectivity index (χ0) is 13.9. The van der Waals surface area contributed by atoms with Crippen LogP contribution in [0.3, 0.4) is 0 Å². The first-order valence-electron chi connectivity index (χ1n) is 7.79. The van der Waals surface area contributed by atoms with Gasteiger partial charge in [-0.1, -0.05) is 6.92 Å². The highest BCUT2D eigenvalue weighted by Gasteiger charge is 2.24. The Labute approximate surface area is 120 Å². The number of hydrogen-bond acceptors (Lipinski definition) is 3. The Morgan fingerprint density at radius 3 is 3.05 bits per heavy atom. The van der Waals surface area contributed by atoms with E-state index in [2.05, 4.69) is 17.3 Å². The summed E-state index contributed by atoms with van der Waals surface area (Å²) >= 11 is 0. The molecule has 110 valence electrons. The van der Waals surface area contributed by atoms with E-state index >= 15 is 0 Å². The number of rotatable bonds is 2. The fourth-order valence-corrected chi connectivity index (χ4v) is 3.25. The van der Waals surface area contributed by atoms with Crippen molar-refractivity contribution in [1.29, 1.82) is 0 Å². The molecule has 0 aliphatic carbocycles. The van der Waals surface area contributed by atoms with E-state index in [1.807, 2.05) is 21.8 Å². The smallest absolute Gasteiger partial charge is 0.274 e. The maximum absolute atomic E-state index is 12.5. The molecular weight excluding hydrogens is 252 g/mol. The minimum atomic E-state index is 0.0964. The molecule has 1 aromatic rings. The molecule has 1 N–H and O–H groups in total. The van der Waals surface area contributed by atoms with Crippen molar-refractivity contribution in [2.45, 2.75) is 38.6 Å². The van der Waals surface area contributed by atoms with Gasteiger partial charge in [-0.05, 0) is 44.2 Å². The third-order valence-electron chi connectivity index (χ3n) is 4.42. The van der Waals surface area contributed by atoms with Crippen LogP contribution in [-0.4, -0.2) is 46.8 Å². The first kappa shape index (κ1) is 13.6. The first-order valence-corrected chi connectivity index (χ1v) is 7.79. The number of nitrogens with zero attached hydrogens (tertiary/aromatic N) is 3. The predicted molar refractivity (Wildman–Crippen MR) is 77.7 cm³/mol. The van der Waals surface area contributed by atoms with E-state index in [1.54, 1.807) is 0 Å². The molecular formula is C15H24N4O. The molecule has 1 aromatic heterocycles. The van der Waals surface area contributed by atoms with Crippen molar-refractivity contribution >= 4 is 5.91 Å². The summed E-state index contributed by atoms with van der Waals surface area (Å²) in [7, 11) is 0. The Hall–Kier alpha value is -1.36. The van der Waals surface area contributed by atoms with Crippen molar-refractivity contribution in [3.05, 3.63) is 18.0 Å². The third-order valence-corrected chi connectivity index (χ3v) is 4.42. The molecule has 0 saturated carbocycles. The molecule has 5 heteroatoms. The van der Waals surface area contributed by atoms with Gasteiger partial charge in [-0.3, -0.25) is 9.48 Å². The molecule has 0 spiro atoms. The van der Waals surface area contributed by atoms with Crippen LogP contribution in [0.1, 0.15) is 49.1 Å². The zero-order valence-corrected chi connectivity index (χ0v) is 12.2. The summed E-state index contributed by atoms with van der Waals surface area (Å²) in [5, 5.41) is 7.90. The number of amides is 1. The second-order valence-electron chi connectivity index (χ2n) is 6.18. The average molecular weight is 276 g/mol. The molecule has 0 bridgehead atoms. The molecule has 3 heterocycles. The van der Waals surface area contributed by atoms with Crippen molar-refractivity contribution in [3.8, 4) is 0 Å². The summed E-state index contributed by atoms with van der Waals surface area (Å²) in [6, 6.07) is 2.27. The lowest BCUT2D eigenvalue weighted by molar-refractivity contribution is 0.0675. The largest absolute Gasteiger partial charge is 0.337 e. The quantitative estimate of drug-likeness (QED) is 0.894. The SMILES string of the molecule is CC1CCCN(C(=O)c2ccn(C3CCCNC3)n2)C1. The highest BCUT2D eigenvalue weighted by molar-refractivity contribution is 5.92. The molecule has 2 atom stereocenters. The summed E-state index contributed by atoms with van der Waals surface area (Å²) in [6.45, 7) is 6.01. The van der Waals surface area contributed by atoms with Crippen LogP contribution in [0.2, 0.25) is 0 Å². The van der Waals surface area contributed by atoms with Gasteiger partial charge in [0, 0.05) is 25.8 Å². The maximum Gasteiger partial charge on any atom is 0.274 e. The number of nitrogens with one attached hydrogen (secondary N) is 1. The van der Waals surface area contributed by atoms with Gasteiger partial charge in [0.15, 0.2) is 0 Å². The molecule has 0 radical (unpaired) electrons. The molecule has 1 amide bonds. The van der Waals surface area contributed by atoms with Gasteiger partial charge in [-0.2, -0.15) is 5.10 Å². The van der Waals surface area contributed by atoms with Crippen molar-refractivity contribution < 1.29 is 4.79 Å². The van der Waals surface area contributed by atoms with Crippen LogP contribution < -0.4 is 5.32 Å². The Morgan fingerprint density at radius 2 is 2.30 bits per heavy atom. The van der Waals surface area contributed by atoms with Gasteiger partial charge in [0.05, 0.1) is 6.04 Å². The normalized spacial score (nSPS) is 27.6. The van der Waals surface area contributed by atoms with Crippen molar-refractivity contribution in [1.82, 2.24) is 20.0 Å². The van der Waals surface area contributed by atoms with Crippen LogP contribution in [0.15, 0.2) is 12.3 Å². The highest BCUT2D eigenvalue weighted by Crippen LogP contribution is 2.19. The topological polar surface area (TPSA) is 50.2 Å². The van der Waals surface area contributed by atoms with Crippen LogP contribution >= 0.6 is 0 Å². The average Bonchev–Trinajstić information content (AvgIpc) is 2.97. The predicted octanol–water partition coefficient (Wildman–Crippen LogP) is 1.68. The Kier molecular flexibility index (Phi) is 4.05. The number of hydrogen-bond donors (Lipinski definition) is 1. The zero-order valence-electron chi connectivity index (χ0n) is 12.2. The number of aromatic nitrogens is 2. The summed E-state index contributed by atoms with van der Waals surface area (Å²) in [4.78, 5) is 14.4. The molecule has 20 heavy (non-hydrogen) atoms. The van der Waals surface area contributed by atoms with Crippen LogP contribution in [0.25, 0.3) is 0 Å². The van der Waals surface area contributed by atoms with E-state index in [0.29, 0.717) is 17.7 Å². The third kappa shape index (κ3) is 2.87. The second-order valence-corrected chi connectivity index (χ2v) is 6.18. The second kappa shape index (κ2) is 5.95. The van der Waals surface area contributed by atoms with Crippen LogP contribution in [0, 0.1) is 5.92 Å². The summed E-state index contributed by atoms with van der Waals surface area (Å²) in [6.07, 6.45) is 6.62. The highest BCUT2D eigenvalue weighted by atomic mass is 16.2. The van der Waals surface area contributed by atoms with Crippen LogP contribution in [0.5, 0.6) is 0 Å². The molecule has 5 nitrogen and oxygen atoms in total. The van der Waals surface area contributed by atoms with E-state index in [0.717, 1.165) is 39.0 Å². The van der Waals surface area contributed by atoms with Crippen molar-refractivity contribution in [2.24, 2.45) is 5.92 Å². The molecule has 2 aliphatic heterocycles. The van der Waals surface area contributed by atoms with E-state index in [9.17, 15) is 4.79 Å². The van der Waals surface area contributed by atoms with Gasteiger partial charge >= 0.3 is 0 Å². The summed E-state index contributed by atoms with van der Waals surface area (Å²) in [5.74, 6) is 0.705. The standard InChI is InChI=1S/C15H24N4O/c1-12-4-3-8-18(11-12)15(20)14-6-9-19(17-14)13-5-2-7-16-10-13/h6,9,12-13,16H,2-5,7-8,10-11H2,1H3. The minimum absolute atomic E-state index is 0.0964. The van der Waals surface area contributed by atoms with Gasteiger partial charge in [0.2, 0.25) is 0 Å². The molecule has 2 unspecified atom stereocenters. The van der Waals surface area contributed by atoms with E-state index in [-0.39, 0.29) is 5.91 Å². The van der Waals surface area contributed by atoms with E-state index in [4.69, 9.17) is 0 Å². The van der Waals surface area contributed by atoms with E-state index in [1.165, 1.54) is 12.8 Å². The molecule has 3 rings (SSSR count). The van der Waals surface area contributed by atoms with Gasteiger partial charge in [0.25, 0.3) is 5.91 Å². The molecule has 2 fully saturated rings. The van der Waals surface area contributed by atoms with Gasteiger partial charge < -0.3 is 10.2 Å². The van der Waals surface area contributed by atoms with E-state index < -0.39 is 0 Å². The fraction of sp³-hybridized carbons (Fsp3) is 0.733. The van der Waals surface area contributed by atoms with Crippen molar-refractivity contribution in [3.63, 3.8) is 0 Å². The Morgan fingerprint density at radius 1 is 1.40 bits per heavy atom. The van der Waals surface area contributed by atoms with Crippen LogP contribution in [0.4, 0.5) is 0 Å². The molecule has 0 aromatic carbocycles. The van der Waals surface area contributed by atoms with Gasteiger partial charge in [-0.15, -0.1) is 0 Å². The minimum Gasteiger partial charge on any atom is -0.337 e. The number of likely N-dealkylation sites (tertiary alicyclic amines) is 1. The Bertz CT molecular complexity index is 464. The lowest BCUT2D eigenvalue weighted by Crippen LogP contribution is -2.39. The number of carbonyl (C=O) groups excluding carboxylic acids is 1. The van der Waals surface area contributed by atoms with Crippen molar-refractivity contribution in [2.75, 3.05) is 26.2 Å². The summed E-state index contributed by atoms with van der Waals surface area (Å²) < 4.78 is 1.97. The van der Waals surface area contributed by atoms with Crippen LogP contribution in [-0.2, 0) is 0 Å². The lowest BCUT2D eigenvalue weighted by Gasteiger charge is -2.30. The molecule has 2 aliphatic rings. The number of carbonyl (C=O) groups is 1. The number of piperidine rings is 2. The first-order chi connectivity index (χ1) is 9.74. The maximum atomic E-state index is 12.5. The lowest BCUT2D eigenvalue weighted by atomic mass is 10.0. The van der Waals surface area contributed by atoms with Gasteiger partial charge in [0.1, 0.15) is 5.69 Å².